The predicted molar refractivity (Wildman–Crippen MR) is 94.2 cm³/mol. The zero-order valence-electron chi connectivity index (χ0n) is 12.8. The van der Waals surface area contributed by atoms with Crippen molar-refractivity contribution >= 4 is 36.4 Å². The summed E-state index contributed by atoms with van der Waals surface area (Å²) >= 11 is 6.39. The van der Waals surface area contributed by atoms with Crippen molar-refractivity contribution < 1.29 is 9.47 Å². The summed E-state index contributed by atoms with van der Waals surface area (Å²) in [6.07, 6.45) is 1.29. The van der Waals surface area contributed by atoms with Gasteiger partial charge in [-0.3, -0.25) is 4.90 Å². The molecule has 2 heterocycles. The van der Waals surface area contributed by atoms with Crippen molar-refractivity contribution in [2.24, 2.45) is 5.92 Å². The fourth-order valence-corrected chi connectivity index (χ4v) is 3.59. The second kappa shape index (κ2) is 8.46. The molecule has 0 spiro atoms. The molecule has 2 saturated heterocycles. The van der Waals surface area contributed by atoms with Crippen LogP contribution in [0.15, 0.2) is 12.1 Å². The molecule has 0 radical (unpaired) electrons. The van der Waals surface area contributed by atoms with Crippen LogP contribution in [0.3, 0.4) is 0 Å². The molecule has 126 valence electrons. The number of nitrogens with zero attached hydrogens (tertiary/aromatic N) is 1. The number of rotatable bonds is 4. The first-order chi connectivity index (χ1) is 9.71. The van der Waals surface area contributed by atoms with E-state index in [-0.39, 0.29) is 24.8 Å². The third kappa shape index (κ3) is 3.92. The Labute approximate surface area is 149 Å². The number of ether oxygens (including phenoxy) is 2. The van der Waals surface area contributed by atoms with E-state index in [2.05, 4.69) is 10.2 Å². The van der Waals surface area contributed by atoms with Gasteiger partial charge in [0.25, 0.3) is 0 Å². The van der Waals surface area contributed by atoms with Crippen LogP contribution in [0.5, 0.6) is 11.5 Å². The SMILES string of the molecule is COc1cc(Cl)c(CN2C[C@@H]3CCN[C@@H]3C2)c(OC)c1.Cl.Cl. The zero-order valence-corrected chi connectivity index (χ0v) is 15.2. The van der Waals surface area contributed by atoms with Crippen LogP contribution in [-0.2, 0) is 6.54 Å². The van der Waals surface area contributed by atoms with Crippen LogP contribution in [0.25, 0.3) is 0 Å². The van der Waals surface area contributed by atoms with Crippen molar-refractivity contribution in [3.63, 3.8) is 0 Å². The van der Waals surface area contributed by atoms with Crippen LogP contribution < -0.4 is 14.8 Å². The maximum Gasteiger partial charge on any atom is 0.128 e. The van der Waals surface area contributed by atoms with Crippen LogP contribution in [0, 0.1) is 5.92 Å². The molecule has 2 aliphatic rings. The normalized spacial score (nSPS) is 23.4. The third-order valence-electron chi connectivity index (χ3n) is 4.40. The Kier molecular flexibility index (Phi) is 7.56. The minimum Gasteiger partial charge on any atom is -0.497 e. The van der Waals surface area contributed by atoms with Gasteiger partial charge in [0.05, 0.1) is 19.2 Å². The van der Waals surface area contributed by atoms with Crippen LogP contribution in [0.1, 0.15) is 12.0 Å². The summed E-state index contributed by atoms with van der Waals surface area (Å²) < 4.78 is 10.7. The smallest absolute Gasteiger partial charge is 0.128 e. The first-order valence-corrected chi connectivity index (χ1v) is 7.45. The first-order valence-electron chi connectivity index (χ1n) is 7.07. The van der Waals surface area contributed by atoms with E-state index in [1.165, 1.54) is 6.42 Å². The average molecular weight is 370 g/mol. The zero-order chi connectivity index (χ0) is 14.1. The van der Waals surface area contributed by atoms with E-state index >= 15 is 0 Å². The number of hydrogen-bond donors (Lipinski definition) is 1. The van der Waals surface area contributed by atoms with Gasteiger partial charge >= 0.3 is 0 Å². The largest absolute Gasteiger partial charge is 0.497 e. The van der Waals surface area contributed by atoms with Crippen LogP contribution in [0.2, 0.25) is 5.02 Å². The minimum absolute atomic E-state index is 0. The molecule has 1 N–H and O–H groups in total. The Bertz CT molecular complexity index is 490. The molecule has 22 heavy (non-hydrogen) atoms. The summed E-state index contributed by atoms with van der Waals surface area (Å²) in [5, 5.41) is 4.28. The second-order valence-electron chi connectivity index (χ2n) is 5.59. The summed E-state index contributed by atoms with van der Waals surface area (Å²) in [6.45, 7) is 4.23. The van der Waals surface area contributed by atoms with E-state index in [1.54, 1.807) is 14.2 Å². The topological polar surface area (TPSA) is 33.7 Å². The summed E-state index contributed by atoms with van der Waals surface area (Å²) in [5.41, 5.74) is 1.05. The number of halogens is 3. The first kappa shape index (κ1) is 19.7. The van der Waals surface area contributed by atoms with E-state index in [0.717, 1.165) is 49.2 Å². The highest BCUT2D eigenvalue weighted by Crippen LogP contribution is 2.35. The van der Waals surface area contributed by atoms with Gasteiger partial charge in [0.1, 0.15) is 11.5 Å². The van der Waals surface area contributed by atoms with E-state index in [1.807, 2.05) is 12.1 Å². The summed E-state index contributed by atoms with van der Waals surface area (Å²) in [6, 6.07) is 4.41. The fourth-order valence-electron chi connectivity index (χ4n) is 3.33. The molecule has 4 nitrogen and oxygen atoms in total. The standard InChI is InChI=1S/C15H21ClN2O2.2ClH/c1-19-11-5-13(16)12(15(6-11)20-2)8-18-7-10-3-4-17-14(10)9-18;;/h5-6,10,14,17H,3-4,7-9H2,1-2H3;2*1H/t10-,14+;;/m0../s1. The van der Waals surface area contributed by atoms with E-state index in [9.17, 15) is 0 Å². The predicted octanol–water partition coefficient (Wildman–Crippen LogP) is 2.99. The van der Waals surface area contributed by atoms with Gasteiger partial charge in [-0.2, -0.15) is 0 Å². The highest BCUT2D eigenvalue weighted by atomic mass is 35.5. The molecule has 0 aliphatic carbocycles. The van der Waals surface area contributed by atoms with Crippen LogP contribution >= 0.6 is 36.4 Å². The molecule has 0 aromatic heterocycles. The van der Waals surface area contributed by atoms with Crippen LogP contribution in [-0.4, -0.2) is 44.8 Å². The van der Waals surface area contributed by atoms with Crippen molar-refractivity contribution in [2.45, 2.75) is 19.0 Å². The van der Waals surface area contributed by atoms with Crippen molar-refractivity contribution in [1.82, 2.24) is 10.2 Å². The molecule has 0 amide bonds. The summed E-state index contributed by atoms with van der Waals surface area (Å²) in [5.74, 6) is 2.33. The fraction of sp³-hybridized carbons (Fsp3) is 0.600. The molecule has 3 rings (SSSR count). The molecule has 7 heteroatoms. The monoisotopic (exact) mass is 368 g/mol. The molecule has 0 saturated carbocycles. The lowest BCUT2D eigenvalue weighted by Crippen LogP contribution is -2.30. The molecule has 0 bridgehead atoms. The molecule has 2 atom stereocenters. The Morgan fingerprint density at radius 1 is 1.23 bits per heavy atom. The molecular formula is C15H23Cl3N2O2. The lowest BCUT2D eigenvalue weighted by molar-refractivity contribution is 0.299. The van der Waals surface area contributed by atoms with Gasteiger partial charge in [-0.15, -0.1) is 24.8 Å². The van der Waals surface area contributed by atoms with Crippen molar-refractivity contribution in [2.75, 3.05) is 33.9 Å². The minimum atomic E-state index is 0. The van der Waals surface area contributed by atoms with Crippen molar-refractivity contribution in [3.05, 3.63) is 22.7 Å². The maximum absolute atomic E-state index is 6.39. The number of hydrogen-bond acceptors (Lipinski definition) is 4. The Morgan fingerprint density at radius 2 is 2.00 bits per heavy atom. The van der Waals surface area contributed by atoms with Gasteiger partial charge in [0, 0.05) is 37.3 Å². The van der Waals surface area contributed by atoms with Gasteiger partial charge in [-0.05, 0) is 24.9 Å². The van der Waals surface area contributed by atoms with E-state index in [4.69, 9.17) is 21.1 Å². The molecule has 2 aliphatic heterocycles. The van der Waals surface area contributed by atoms with Gasteiger partial charge in [0.2, 0.25) is 0 Å². The van der Waals surface area contributed by atoms with Crippen LogP contribution in [0.4, 0.5) is 0 Å². The van der Waals surface area contributed by atoms with Gasteiger partial charge in [0.15, 0.2) is 0 Å². The molecule has 1 aromatic rings. The molecule has 2 fully saturated rings. The molecule has 0 unspecified atom stereocenters. The number of fused-ring (bicyclic) bond motifs is 1. The highest BCUT2D eigenvalue weighted by Gasteiger charge is 2.36. The molecule has 1 aromatic carbocycles. The lowest BCUT2D eigenvalue weighted by atomic mass is 10.1. The van der Waals surface area contributed by atoms with Gasteiger partial charge in [-0.1, -0.05) is 11.6 Å². The second-order valence-corrected chi connectivity index (χ2v) is 6.00. The van der Waals surface area contributed by atoms with E-state index < -0.39 is 0 Å². The number of nitrogens with one attached hydrogen (secondary N) is 1. The van der Waals surface area contributed by atoms with Crippen molar-refractivity contribution in [3.8, 4) is 11.5 Å². The Morgan fingerprint density at radius 3 is 2.64 bits per heavy atom. The highest BCUT2D eigenvalue weighted by molar-refractivity contribution is 6.31. The van der Waals surface area contributed by atoms with E-state index in [0.29, 0.717) is 11.1 Å². The lowest BCUT2D eigenvalue weighted by Gasteiger charge is -2.20. The van der Waals surface area contributed by atoms with Crippen molar-refractivity contribution in [1.29, 1.82) is 0 Å². The average Bonchev–Trinajstić information content (AvgIpc) is 3.01. The Balaban J connectivity index is 0.00000121. The third-order valence-corrected chi connectivity index (χ3v) is 4.74. The number of methoxy groups -OCH3 is 2. The quantitative estimate of drug-likeness (QED) is 0.884. The Hall–Kier alpha value is -0.390. The summed E-state index contributed by atoms with van der Waals surface area (Å²) in [7, 11) is 3.31. The van der Waals surface area contributed by atoms with Gasteiger partial charge in [-0.25, -0.2) is 0 Å². The molecular weight excluding hydrogens is 347 g/mol. The number of likely N-dealkylation sites (tertiary alicyclic amines) is 1. The number of benzene rings is 1. The maximum atomic E-state index is 6.39. The summed E-state index contributed by atoms with van der Waals surface area (Å²) in [4.78, 5) is 2.46. The van der Waals surface area contributed by atoms with Gasteiger partial charge < -0.3 is 14.8 Å².